The number of unbranched alkanes of at least 4 members (excludes halogenated alkanes) is 18. The van der Waals surface area contributed by atoms with E-state index < -0.39 is 7.82 Å². The van der Waals surface area contributed by atoms with Crippen LogP contribution in [0.25, 0.3) is 0 Å². The molecule has 0 saturated heterocycles. The second kappa shape index (κ2) is 25.2. The van der Waals surface area contributed by atoms with E-state index in [1.54, 1.807) is 0 Å². The molecule has 0 aliphatic heterocycles. The molecule has 0 aromatic carbocycles. The Morgan fingerprint density at radius 1 is 0.515 bits per heavy atom. The lowest BCUT2D eigenvalue weighted by Gasteiger charge is -2.17. The van der Waals surface area contributed by atoms with Gasteiger partial charge < -0.3 is 9.79 Å². The van der Waals surface area contributed by atoms with Gasteiger partial charge in [-0.15, -0.1) is 0 Å². The van der Waals surface area contributed by atoms with Gasteiger partial charge in [0.05, 0.1) is 6.61 Å². The molecule has 0 heterocycles. The van der Waals surface area contributed by atoms with Crippen molar-refractivity contribution in [3.8, 4) is 0 Å². The normalized spacial score (nSPS) is 12.2. The third kappa shape index (κ3) is 28.2. The fourth-order valence-electron chi connectivity index (χ4n) is 4.83. The van der Waals surface area contributed by atoms with Crippen molar-refractivity contribution >= 4 is 7.82 Å². The fourth-order valence-corrected chi connectivity index (χ4v) is 5.20. The van der Waals surface area contributed by atoms with E-state index in [4.69, 9.17) is 9.79 Å². The molecule has 0 unspecified atom stereocenters. The van der Waals surface area contributed by atoms with E-state index in [0.29, 0.717) is 5.92 Å². The predicted octanol–water partition coefficient (Wildman–Crippen LogP) is 10.1. The van der Waals surface area contributed by atoms with Crippen LogP contribution in [0.15, 0.2) is 0 Å². The van der Waals surface area contributed by atoms with Gasteiger partial charge in [0, 0.05) is 0 Å². The van der Waals surface area contributed by atoms with Crippen LogP contribution in [-0.4, -0.2) is 16.4 Å². The molecule has 0 amide bonds. The zero-order valence-corrected chi connectivity index (χ0v) is 23.3. The molecule has 0 radical (unpaired) electrons. The Morgan fingerprint density at radius 3 is 1.15 bits per heavy atom. The second-order valence-corrected chi connectivity index (χ2v) is 11.5. The first kappa shape index (κ1) is 33.1. The Kier molecular flexibility index (Phi) is 25.3. The summed E-state index contributed by atoms with van der Waals surface area (Å²) in [5.74, 6) is 0.688. The average Bonchev–Trinajstić information content (AvgIpc) is 2.77. The summed E-state index contributed by atoms with van der Waals surface area (Å²) < 4.78 is 15.5. The van der Waals surface area contributed by atoms with Gasteiger partial charge in [0.15, 0.2) is 0 Å². The minimum absolute atomic E-state index is 0.177. The molecule has 0 rings (SSSR count). The first-order valence-electron chi connectivity index (χ1n) is 14.7. The molecular formula is C28H59O4P. The smallest absolute Gasteiger partial charge is 0.303 e. The Balaban J connectivity index is 3.86. The molecule has 0 atom stereocenters. The van der Waals surface area contributed by atoms with Crippen molar-refractivity contribution in [2.75, 3.05) is 6.61 Å². The van der Waals surface area contributed by atoms with Gasteiger partial charge in [0.1, 0.15) is 0 Å². The highest BCUT2D eigenvalue weighted by Gasteiger charge is 2.14. The van der Waals surface area contributed by atoms with Crippen LogP contribution in [0.1, 0.15) is 168 Å². The lowest BCUT2D eigenvalue weighted by molar-refractivity contribution is 0.188. The Morgan fingerprint density at radius 2 is 0.818 bits per heavy atom. The monoisotopic (exact) mass is 490 g/mol. The molecule has 0 spiro atoms. The summed E-state index contributed by atoms with van der Waals surface area (Å²) in [6, 6.07) is 0. The molecule has 0 saturated carbocycles. The van der Waals surface area contributed by atoms with Gasteiger partial charge in [-0.05, 0) is 18.8 Å². The largest absolute Gasteiger partial charge is 0.469 e. The molecule has 0 aromatic rings. The minimum Gasteiger partial charge on any atom is -0.303 e. The maximum Gasteiger partial charge on any atom is 0.469 e. The first-order valence-corrected chi connectivity index (χ1v) is 16.2. The molecule has 5 heteroatoms. The summed E-state index contributed by atoms with van der Waals surface area (Å²) in [4.78, 5) is 17.8. The van der Waals surface area contributed by atoms with Crippen molar-refractivity contribution in [2.45, 2.75) is 168 Å². The van der Waals surface area contributed by atoms with Gasteiger partial charge in [0.25, 0.3) is 0 Å². The van der Waals surface area contributed by atoms with Crippen LogP contribution in [0.2, 0.25) is 0 Å². The SMILES string of the molecule is CCCCCCCCCCCCC(CCCCCCCCCCCC)CCCOP(=O)(O)O. The van der Waals surface area contributed by atoms with Crippen LogP contribution in [0.4, 0.5) is 0 Å². The van der Waals surface area contributed by atoms with Gasteiger partial charge in [-0.1, -0.05) is 155 Å². The van der Waals surface area contributed by atoms with Gasteiger partial charge >= 0.3 is 7.82 Å². The lowest BCUT2D eigenvalue weighted by atomic mass is 9.90. The van der Waals surface area contributed by atoms with Crippen molar-refractivity contribution in [3.05, 3.63) is 0 Å². The highest BCUT2D eigenvalue weighted by Crippen LogP contribution is 2.36. The minimum atomic E-state index is -4.32. The summed E-state index contributed by atoms with van der Waals surface area (Å²) >= 11 is 0. The van der Waals surface area contributed by atoms with Crippen LogP contribution in [0.5, 0.6) is 0 Å². The topological polar surface area (TPSA) is 66.8 Å². The Labute approximate surface area is 207 Å². The first-order chi connectivity index (χ1) is 16.0. The number of phosphoric ester groups is 1. The van der Waals surface area contributed by atoms with Crippen LogP contribution >= 0.6 is 7.82 Å². The lowest BCUT2D eigenvalue weighted by Crippen LogP contribution is -2.04. The highest BCUT2D eigenvalue weighted by molar-refractivity contribution is 7.46. The predicted molar refractivity (Wildman–Crippen MR) is 144 cm³/mol. The summed E-state index contributed by atoms with van der Waals surface area (Å²) in [5, 5.41) is 0. The highest BCUT2D eigenvalue weighted by atomic mass is 31.2. The number of hydrogen-bond acceptors (Lipinski definition) is 2. The van der Waals surface area contributed by atoms with E-state index in [1.807, 2.05) is 0 Å². The Bertz CT molecular complexity index is 400. The zero-order chi connectivity index (χ0) is 24.5. The molecule has 0 aromatic heterocycles. The van der Waals surface area contributed by atoms with E-state index in [2.05, 4.69) is 18.4 Å². The molecule has 0 fully saturated rings. The van der Waals surface area contributed by atoms with E-state index in [9.17, 15) is 4.57 Å². The molecule has 33 heavy (non-hydrogen) atoms. The van der Waals surface area contributed by atoms with Crippen LogP contribution < -0.4 is 0 Å². The molecule has 0 aliphatic carbocycles. The number of rotatable bonds is 27. The van der Waals surface area contributed by atoms with Crippen molar-refractivity contribution in [2.24, 2.45) is 5.92 Å². The van der Waals surface area contributed by atoms with E-state index >= 15 is 0 Å². The number of phosphoric acid groups is 1. The second-order valence-electron chi connectivity index (χ2n) is 10.3. The van der Waals surface area contributed by atoms with Gasteiger partial charge in [-0.3, -0.25) is 4.52 Å². The summed E-state index contributed by atoms with van der Waals surface area (Å²) in [5.41, 5.74) is 0. The summed E-state index contributed by atoms with van der Waals surface area (Å²) in [6.45, 7) is 4.72. The van der Waals surface area contributed by atoms with Crippen LogP contribution in [-0.2, 0) is 9.09 Å². The van der Waals surface area contributed by atoms with Gasteiger partial charge in [0.2, 0.25) is 0 Å². The quantitative estimate of drug-likeness (QED) is 0.0887. The average molecular weight is 491 g/mol. The third-order valence-corrected chi connectivity index (χ3v) is 7.47. The van der Waals surface area contributed by atoms with E-state index in [1.165, 1.54) is 141 Å². The van der Waals surface area contributed by atoms with Crippen molar-refractivity contribution in [1.29, 1.82) is 0 Å². The maximum atomic E-state index is 10.9. The summed E-state index contributed by atoms with van der Waals surface area (Å²) in [6.07, 6.45) is 31.7. The molecule has 200 valence electrons. The van der Waals surface area contributed by atoms with Crippen molar-refractivity contribution in [1.82, 2.24) is 0 Å². The van der Waals surface area contributed by atoms with Gasteiger partial charge in [-0.25, -0.2) is 4.57 Å². The standard InChI is InChI=1S/C28H59O4P/c1-3-5-7-9-11-13-15-17-19-21-24-28(26-23-27-32-33(29,30)31)25-22-20-18-16-14-12-10-8-6-4-2/h28H,3-27H2,1-2H3,(H2,29,30,31). The maximum absolute atomic E-state index is 10.9. The zero-order valence-electron chi connectivity index (χ0n) is 22.4. The fraction of sp³-hybridized carbons (Fsp3) is 1.00. The summed E-state index contributed by atoms with van der Waals surface area (Å²) in [7, 11) is -4.32. The molecule has 4 nitrogen and oxygen atoms in total. The van der Waals surface area contributed by atoms with Crippen molar-refractivity contribution in [3.63, 3.8) is 0 Å². The molecule has 0 bridgehead atoms. The van der Waals surface area contributed by atoms with Gasteiger partial charge in [-0.2, -0.15) is 0 Å². The third-order valence-electron chi connectivity index (χ3n) is 6.95. The van der Waals surface area contributed by atoms with E-state index in [-0.39, 0.29) is 6.61 Å². The molecule has 2 N–H and O–H groups in total. The van der Waals surface area contributed by atoms with Crippen molar-refractivity contribution < 1.29 is 18.9 Å². The van der Waals surface area contributed by atoms with Crippen LogP contribution in [0, 0.1) is 5.92 Å². The Hall–Kier alpha value is 0.110. The van der Waals surface area contributed by atoms with Crippen LogP contribution in [0.3, 0.4) is 0 Å². The number of hydrogen-bond donors (Lipinski definition) is 2. The molecular weight excluding hydrogens is 431 g/mol. The molecule has 0 aliphatic rings. The van der Waals surface area contributed by atoms with E-state index in [0.717, 1.165) is 12.8 Å².